The highest BCUT2D eigenvalue weighted by Gasteiger charge is 2.24. The average Bonchev–Trinajstić information content (AvgIpc) is 2.19. The fourth-order valence-electron chi connectivity index (χ4n) is 2.23. The molecule has 0 bridgehead atoms. The first-order chi connectivity index (χ1) is 7.04. The standard InChI is InChI=1S/C12H24N2O/c1-5-11(9(2)3)13-10-6-7-12(15)14(4)8-10/h9-11,13H,5-8H2,1-4H3. The van der Waals surface area contributed by atoms with Crippen molar-refractivity contribution in [2.75, 3.05) is 13.6 Å². The lowest BCUT2D eigenvalue weighted by atomic mass is 9.98. The first-order valence-corrected chi connectivity index (χ1v) is 6.04. The summed E-state index contributed by atoms with van der Waals surface area (Å²) in [6, 6.07) is 1.07. The Bertz CT molecular complexity index is 216. The molecule has 15 heavy (non-hydrogen) atoms. The molecule has 2 atom stereocenters. The Morgan fingerprint density at radius 1 is 1.53 bits per heavy atom. The van der Waals surface area contributed by atoms with E-state index in [0.29, 0.717) is 24.4 Å². The van der Waals surface area contributed by atoms with Crippen LogP contribution in [0.15, 0.2) is 0 Å². The predicted octanol–water partition coefficient (Wildman–Crippen LogP) is 1.63. The number of amides is 1. The van der Waals surface area contributed by atoms with Gasteiger partial charge in [-0.25, -0.2) is 0 Å². The van der Waals surface area contributed by atoms with Gasteiger partial charge < -0.3 is 10.2 Å². The van der Waals surface area contributed by atoms with Crippen molar-refractivity contribution in [2.24, 2.45) is 5.92 Å². The number of rotatable bonds is 4. The smallest absolute Gasteiger partial charge is 0.222 e. The van der Waals surface area contributed by atoms with E-state index in [1.165, 1.54) is 0 Å². The highest BCUT2D eigenvalue weighted by Crippen LogP contribution is 2.13. The summed E-state index contributed by atoms with van der Waals surface area (Å²) in [5.41, 5.74) is 0. The van der Waals surface area contributed by atoms with Gasteiger partial charge in [0.05, 0.1) is 0 Å². The van der Waals surface area contributed by atoms with Crippen molar-refractivity contribution in [2.45, 2.75) is 52.1 Å². The maximum absolute atomic E-state index is 11.3. The van der Waals surface area contributed by atoms with Crippen LogP contribution >= 0.6 is 0 Å². The summed E-state index contributed by atoms with van der Waals surface area (Å²) in [6.45, 7) is 7.58. The summed E-state index contributed by atoms with van der Waals surface area (Å²) < 4.78 is 0. The van der Waals surface area contributed by atoms with Crippen LogP contribution in [-0.4, -0.2) is 36.5 Å². The van der Waals surface area contributed by atoms with Crippen LogP contribution in [0.5, 0.6) is 0 Å². The highest BCUT2D eigenvalue weighted by molar-refractivity contribution is 5.76. The second-order valence-electron chi connectivity index (χ2n) is 4.94. The van der Waals surface area contributed by atoms with Gasteiger partial charge >= 0.3 is 0 Å². The quantitative estimate of drug-likeness (QED) is 0.768. The van der Waals surface area contributed by atoms with Crippen LogP contribution in [0.25, 0.3) is 0 Å². The van der Waals surface area contributed by atoms with E-state index in [1.807, 2.05) is 11.9 Å². The largest absolute Gasteiger partial charge is 0.344 e. The Morgan fingerprint density at radius 3 is 2.67 bits per heavy atom. The van der Waals surface area contributed by atoms with Gasteiger partial charge in [-0.15, -0.1) is 0 Å². The maximum Gasteiger partial charge on any atom is 0.222 e. The molecule has 0 saturated carbocycles. The molecule has 0 aromatic rings. The highest BCUT2D eigenvalue weighted by atomic mass is 16.2. The molecule has 1 aliphatic rings. The molecule has 3 heteroatoms. The molecule has 0 radical (unpaired) electrons. The SMILES string of the molecule is CCC(NC1CCC(=O)N(C)C1)C(C)C. The van der Waals surface area contributed by atoms with Crippen molar-refractivity contribution < 1.29 is 4.79 Å². The lowest BCUT2D eigenvalue weighted by Gasteiger charge is -2.34. The lowest BCUT2D eigenvalue weighted by molar-refractivity contribution is -0.132. The summed E-state index contributed by atoms with van der Waals surface area (Å²) in [6.07, 6.45) is 2.85. The van der Waals surface area contributed by atoms with E-state index in [0.717, 1.165) is 19.4 Å². The molecular weight excluding hydrogens is 188 g/mol. The number of likely N-dealkylation sites (tertiary alicyclic amines) is 1. The summed E-state index contributed by atoms with van der Waals surface area (Å²) in [4.78, 5) is 13.2. The lowest BCUT2D eigenvalue weighted by Crippen LogP contribution is -2.50. The Kier molecular flexibility index (Phi) is 4.58. The van der Waals surface area contributed by atoms with E-state index < -0.39 is 0 Å². The van der Waals surface area contributed by atoms with Crippen LogP contribution in [0.3, 0.4) is 0 Å². The van der Waals surface area contributed by atoms with Crippen molar-refractivity contribution in [3.05, 3.63) is 0 Å². The number of carbonyl (C=O) groups is 1. The molecular formula is C12H24N2O. The monoisotopic (exact) mass is 212 g/mol. The van der Waals surface area contributed by atoms with E-state index >= 15 is 0 Å². The summed E-state index contributed by atoms with van der Waals surface area (Å²) >= 11 is 0. The van der Waals surface area contributed by atoms with Crippen LogP contribution in [-0.2, 0) is 4.79 Å². The second kappa shape index (κ2) is 5.50. The molecule has 1 rings (SSSR count). The Labute approximate surface area is 93.2 Å². The van der Waals surface area contributed by atoms with Gasteiger partial charge in [-0.1, -0.05) is 20.8 Å². The first-order valence-electron chi connectivity index (χ1n) is 6.04. The van der Waals surface area contributed by atoms with Crippen LogP contribution in [0.2, 0.25) is 0 Å². The van der Waals surface area contributed by atoms with Crippen LogP contribution in [0, 0.1) is 5.92 Å². The minimum Gasteiger partial charge on any atom is -0.344 e. The van der Waals surface area contributed by atoms with E-state index in [2.05, 4.69) is 26.1 Å². The molecule has 88 valence electrons. The summed E-state index contributed by atoms with van der Waals surface area (Å²) in [5, 5.41) is 3.66. The molecule has 1 amide bonds. The number of nitrogens with one attached hydrogen (secondary N) is 1. The number of hydrogen-bond donors (Lipinski definition) is 1. The topological polar surface area (TPSA) is 32.3 Å². The van der Waals surface area contributed by atoms with Crippen LogP contribution in [0.4, 0.5) is 0 Å². The third-order valence-corrected chi connectivity index (χ3v) is 3.32. The minimum absolute atomic E-state index is 0.283. The fraction of sp³-hybridized carbons (Fsp3) is 0.917. The Balaban J connectivity index is 2.41. The molecule has 3 nitrogen and oxygen atoms in total. The molecule has 0 aliphatic carbocycles. The van der Waals surface area contributed by atoms with Crippen molar-refractivity contribution in [3.63, 3.8) is 0 Å². The number of likely N-dealkylation sites (N-methyl/N-ethyl adjacent to an activating group) is 1. The van der Waals surface area contributed by atoms with Crippen molar-refractivity contribution in [1.82, 2.24) is 10.2 Å². The average molecular weight is 212 g/mol. The van der Waals surface area contributed by atoms with Crippen molar-refractivity contribution in [1.29, 1.82) is 0 Å². The molecule has 1 N–H and O–H groups in total. The van der Waals surface area contributed by atoms with Gasteiger partial charge in [0.15, 0.2) is 0 Å². The Morgan fingerprint density at radius 2 is 2.20 bits per heavy atom. The van der Waals surface area contributed by atoms with Crippen LogP contribution in [0.1, 0.15) is 40.0 Å². The molecule has 1 fully saturated rings. The summed E-state index contributed by atoms with van der Waals surface area (Å²) in [5.74, 6) is 0.948. The number of carbonyl (C=O) groups excluding carboxylic acids is 1. The van der Waals surface area contributed by atoms with Gasteiger partial charge in [-0.2, -0.15) is 0 Å². The minimum atomic E-state index is 0.283. The van der Waals surface area contributed by atoms with E-state index in [1.54, 1.807) is 0 Å². The molecule has 1 saturated heterocycles. The number of hydrogen-bond acceptors (Lipinski definition) is 2. The maximum atomic E-state index is 11.3. The molecule has 2 unspecified atom stereocenters. The molecule has 1 aliphatic heterocycles. The zero-order valence-corrected chi connectivity index (χ0v) is 10.4. The number of piperidine rings is 1. The first kappa shape index (κ1) is 12.5. The second-order valence-corrected chi connectivity index (χ2v) is 4.94. The van der Waals surface area contributed by atoms with Gasteiger partial charge in [-0.3, -0.25) is 4.79 Å². The molecule has 0 aromatic carbocycles. The van der Waals surface area contributed by atoms with Crippen molar-refractivity contribution >= 4 is 5.91 Å². The number of nitrogens with zero attached hydrogens (tertiary/aromatic N) is 1. The van der Waals surface area contributed by atoms with Gasteiger partial charge in [0.2, 0.25) is 5.91 Å². The normalized spacial score (nSPS) is 24.7. The molecule has 1 heterocycles. The Hall–Kier alpha value is -0.570. The van der Waals surface area contributed by atoms with E-state index in [-0.39, 0.29) is 5.91 Å². The predicted molar refractivity (Wildman–Crippen MR) is 62.7 cm³/mol. The zero-order chi connectivity index (χ0) is 11.4. The molecule has 0 aromatic heterocycles. The van der Waals surface area contributed by atoms with Gasteiger partial charge in [0.1, 0.15) is 0 Å². The van der Waals surface area contributed by atoms with Gasteiger partial charge in [0, 0.05) is 32.1 Å². The van der Waals surface area contributed by atoms with Crippen LogP contribution < -0.4 is 5.32 Å². The third kappa shape index (κ3) is 3.49. The van der Waals surface area contributed by atoms with Crippen molar-refractivity contribution in [3.8, 4) is 0 Å². The summed E-state index contributed by atoms with van der Waals surface area (Å²) in [7, 11) is 1.90. The van der Waals surface area contributed by atoms with Gasteiger partial charge in [0.25, 0.3) is 0 Å². The van der Waals surface area contributed by atoms with E-state index in [4.69, 9.17) is 0 Å². The zero-order valence-electron chi connectivity index (χ0n) is 10.4. The van der Waals surface area contributed by atoms with E-state index in [9.17, 15) is 4.79 Å². The van der Waals surface area contributed by atoms with Gasteiger partial charge in [-0.05, 0) is 18.8 Å². The third-order valence-electron chi connectivity index (χ3n) is 3.32. The molecule has 0 spiro atoms. The fourth-order valence-corrected chi connectivity index (χ4v) is 2.23.